The Balaban J connectivity index is 1.43. The van der Waals surface area contributed by atoms with E-state index in [1.807, 2.05) is 11.9 Å². The molecule has 0 saturated carbocycles. The number of aromatic hydroxyl groups is 1. The molecule has 2 aromatic rings. The van der Waals surface area contributed by atoms with Crippen molar-refractivity contribution in [2.45, 2.75) is 31.7 Å². The van der Waals surface area contributed by atoms with E-state index < -0.39 is 0 Å². The van der Waals surface area contributed by atoms with E-state index in [1.54, 1.807) is 24.3 Å². The van der Waals surface area contributed by atoms with Gasteiger partial charge in [-0.2, -0.15) is 0 Å². The number of hydrogen-bond acceptors (Lipinski definition) is 4. The van der Waals surface area contributed by atoms with Gasteiger partial charge in [-0.05, 0) is 56.5 Å². The molecular weight excluding hydrogens is 352 g/mol. The van der Waals surface area contributed by atoms with Gasteiger partial charge in [0.2, 0.25) is 0 Å². The standard InChI is InChI=1S/C23H30N2O3/c1-24(23(27)18-28-22-14-6-5-13-21(22)26)20-12-8-16-25(17-20)15-7-11-19-9-3-2-4-10-19/h2-6,9-10,13-14,20,26H,7-8,11-12,15-18H2,1H3. The van der Waals surface area contributed by atoms with Crippen molar-refractivity contribution in [2.75, 3.05) is 33.3 Å². The topological polar surface area (TPSA) is 53.0 Å². The number of carbonyl (C=O) groups excluding carboxylic acids is 1. The number of amides is 1. The van der Waals surface area contributed by atoms with Crippen LogP contribution in [0.15, 0.2) is 54.6 Å². The van der Waals surface area contributed by atoms with Crippen molar-refractivity contribution in [3.05, 3.63) is 60.2 Å². The van der Waals surface area contributed by atoms with Crippen LogP contribution in [0, 0.1) is 0 Å². The number of piperidine rings is 1. The van der Waals surface area contributed by atoms with Gasteiger partial charge >= 0.3 is 0 Å². The molecule has 1 N–H and O–H groups in total. The fourth-order valence-electron chi connectivity index (χ4n) is 3.73. The Morgan fingerprint density at radius 1 is 1.18 bits per heavy atom. The third kappa shape index (κ3) is 5.73. The van der Waals surface area contributed by atoms with Gasteiger partial charge in [0.15, 0.2) is 18.1 Å². The maximum absolute atomic E-state index is 12.5. The minimum absolute atomic E-state index is 0.0558. The van der Waals surface area contributed by atoms with Crippen molar-refractivity contribution >= 4 is 5.91 Å². The molecule has 1 atom stereocenters. The van der Waals surface area contributed by atoms with Gasteiger partial charge in [0, 0.05) is 19.6 Å². The Morgan fingerprint density at radius 2 is 1.93 bits per heavy atom. The second kappa shape index (κ2) is 10.1. The molecule has 0 bridgehead atoms. The van der Waals surface area contributed by atoms with Crippen molar-refractivity contribution in [3.63, 3.8) is 0 Å². The van der Waals surface area contributed by atoms with Crippen LogP contribution in [-0.4, -0.2) is 60.1 Å². The van der Waals surface area contributed by atoms with Gasteiger partial charge < -0.3 is 19.6 Å². The molecular formula is C23H30N2O3. The first-order valence-corrected chi connectivity index (χ1v) is 10.1. The summed E-state index contributed by atoms with van der Waals surface area (Å²) in [6, 6.07) is 17.5. The number of benzene rings is 2. The molecule has 150 valence electrons. The van der Waals surface area contributed by atoms with Crippen LogP contribution in [-0.2, 0) is 11.2 Å². The summed E-state index contributed by atoms with van der Waals surface area (Å²) in [5.74, 6) is 0.343. The highest BCUT2D eigenvalue weighted by molar-refractivity contribution is 5.78. The molecule has 0 radical (unpaired) electrons. The van der Waals surface area contributed by atoms with Crippen molar-refractivity contribution in [3.8, 4) is 11.5 Å². The number of hydrogen-bond donors (Lipinski definition) is 1. The monoisotopic (exact) mass is 382 g/mol. The van der Waals surface area contributed by atoms with Crippen molar-refractivity contribution in [1.82, 2.24) is 9.80 Å². The summed E-state index contributed by atoms with van der Waals surface area (Å²) >= 11 is 0. The number of phenols is 1. The number of carbonyl (C=O) groups is 1. The Bertz CT molecular complexity index is 751. The van der Waals surface area contributed by atoms with Crippen molar-refractivity contribution < 1.29 is 14.6 Å². The summed E-state index contributed by atoms with van der Waals surface area (Å²) in [4.78, 5) is 16.8. The third-order valence-corrected chi connectivity index (χ3v) is 5.42. The number of aryl methyl sites for hydroxylation is 1. The van der Waals surface area contributed by atoms with Crippen LogP contribution in [0.1, 0.15) is 24.8 Å². The Morgan fingerprint density at radius 3 is 2.71 bits per heavy atom. The minimum atomic E-state index is -0.0570. The van der Waals surface area contributed by atoms with Gasteiger partial charge in [0.1, 0.15) is 0 Å². The molecule has 1 unspecified atom stereocenters. The largest absolute Gasteiger partial charge is 0.504 e. The third-order valence-electron chi connectivity index (χ3n) is 5.42. The predicted octanol–water partition coefficient (Wildman–Crippen LogP) is 3.33. The average molecular weight is 383 g/mol. The van der Waals surface area contributed by atoms with E-state index in [0.29, 0.717) is 5.75 Å². The van der Waals surface area contributed by atoms with E-state index in [-0.39, 0.29) is 24.3 Å². The van der Waals surface area contributed by atoms with Gasteiger partial charge in [-0.3, -0.25) is 4.79 Å². The van der Waals surface area contributed by atoms with Gasteiger partial charge in [-0.25, -0.2) is 0 Å². The van der Waals surface area contributed by atoms with Crippen LogP contribution in [0.3, 0.4) is 0 Å². The highest BCUT2D eigenvalue weighted by Gasteiger charge is 2.26. The first-order chi connectivity index (χ1) is 13.6. The quantitative estimate of drug-likeness (QED) is 0.761. The lowest BCUT2D eigenvalue weighted by atomic mass is 10.0. The molecule has 5 nitrogen and oxygen atoms in total. The van der Waals surface area contributed by atoms with Gasteiger partial charge in [0.05, 0.1) is 0 Å². The first kappa shape index (κ1) is 20.2. The van der Waals surface area contributed by atoms with E-state index >= 15 is 0 Å². The number of likely N-dealkylation sites (tertiary alicyclic amines) is 1. The second-order valence-electron chi connectivity index (χ2n) is 7.45. The summed E-state index contributed by atoms with van der Waals surface area (Å²) < 4.78 is 5.50. The number of para-hydroxylation sites is 2. The molecule has 1 fully saturated rings. The molecule has 3 rings (SSSR count). The maximum Gasteiger partial charge on any atom is 0.260 e. The number of rotatable bonds is 8. The fourth-order valence-corrected chi connectivity index (χ4v) is 3.73. The normalized spacial score (nSPS) is 17.2. The summed E-state index contributed by atoms with van der Waals surface area (Å²) in [5, 5.41) is 9.75. The second-order valence-corrected chi connectivity index (χ2v) is 7.45. The Labute approximate surface area is 167 Å². The van der Waals surface area contributed by atoms with Crippen LogP contribution < -0.4 is 4.74 Å². The van der Waals surface area contributed by atoms with Crippen LogP contribution in [0.25, 0.3) is 0 Å². The summed E-state index contributed by atoms with van der Waals surface area (Å²) in [7, 11) is 1.86. The Hall–Kier alpha value is -2.53. The lowest BCUT2D eigenvalue weighted by Gasteiger charge is -2.37. The van der Waals surface area contributed by atoms with Crippen LogP contribution in [0.5, 0.6) is 11.5 Å². The minimum Gasteiger partial charge on any atom is -0.504 e. The van der Waals surface area contributed by atoms with Gasteiger partial charge in [0.25, 0.3) is 5.91 Å². The number of nitrogens with zero attached hydrogens (tertiary/aromatic N) is 2. The molecule has 1 amide bonds. The number of likely N-dealkylation sites (N-methyl/N-ethyl adjacent to an activating group) is 1. The molecule has 1 aliphatic heterocycles. The highest BCUT2D eigenvalue weighted by atomic mass is 16.5. The van der Waals surface area contributed by atoms with Crippen LogP contribution in [0.4, 0.5) is 0 Å². The first-order valence-electron chi connectivity index (χ1n) is 10.1. The van der Waals surface area contributed by atoms with E-state index in [4.69, 9.17) is 4.74 Å². The lowest BCUT2D eigenvalue weighted by Crippen LogP contribution is -2.49. The molecule has 0 aromatic heterocycles. The number of ether oxygens (including phenoxy) is 1. The zero-order valence-corrected chi connectivity index (χ0v) is 16.6. The Kier molecular flexibility index (Phi) is 7.31. The average Bonchev–Trinajstić information content (AvgIpc) is 2.73. The van der Waals surface area contributed by atoms with Crippen molar-refractivity contribution in [2.24, 2.45) is 0 Å². The SMILES string of the molecule is CN(C(=O)COc1ccccc1O)C1CCCN(CCCc2ccccc2)C1. The molecule has 1 saturated heterocycles. The van der Waals surface area contributed by atoms with E-state index in [2.05, 4.69) is 35.2 Å². The summed E-state index contributed by atoms with van der Waals surface area (Å²) in [5.41, 5.74) is 1.38. The van der Waals surface area contributed by atoms with Crippen molar-refractivity contribution in [1.29, 1.82) is 0 Å². The smallest absolute Gasteiger partial charge is 0.260 e. The van der Waals surface area contributed by atoms with Gasteiger partial charge in [-0.1, -0.05) is 42.5 Å². The van der Waals surface area contributed by atoms with E-state index in [9.17, 15) is 9.90 Å². The predicted molar refractivity (Wildman–Crippen MR) is 111 cm³/mol. The zero-order chi connectivity index (χ0) is 19.8. The molecule has 1 aliphatic rings. The molecule has 0 aliphatic carbocycles. The van der Waals surface area contributed by atoms with E-state index in [1.165, 1.54) is 5.56 Å². The molecule has 2 aromatic carbocycles. The van der Waals surface area contributed by atoms with Crippen LogP contribution >= 0.6 is 0 Å². The lowest BCUT2D eigenvalue weighted by molar-refractivity contribution is -0.135. The zero-order valence-electron chi connectivity index (χ0n) is 16.6. The molecule has 28 heavy (non-hydrogen) atoms. The van der Waals surface area contributed by atoms with E-state index in [0.717, 1.165) is 45.3 Å². The molecule has 0 spiro atoms. The molecule has 5 heteroatoms. The molecule has 1 heterocycles. The number of phenolic OH excluding ortho intramolecular Hbond substituents is 1. The fraction of sp³-hybridized carbons (Fsp3) is 0.435. The van der Waals surface area contributed by atoms with Gasteiger partial charge in [-0.15, -0.1) is 0 Å². The highest BCUT2D eigenvalue weighted by Crippen LogP contribution is 2.24. The summed E-state index contributed by atoms with van der Waals surface area (Å²) in [6.45, 7) is 3.01. The maximum atomic E-state index is 12.5. The van der Waals surface area contributed by atoms with Crippen LogP contribution in [0.2, 0.25) is 0 Å². The summed E-state index contributed by atoms with van der Waals surface area (Å²) in [6.07, 6.45) is 4.35.